The molecular weight excluding hydrogens is 240 g/mol. The highest BCUT2D eigenvalue weighted by Crippen LogP contribution is 2.20. The molecule has 1 heterocycles. The van der Waals surface area contributed by atoms with Gasteiger partial charge in [0.05, 0.1) is 18.8 Å². The minimum atomic E-state index is 0.0953. The van der Waals surface area contributed by atoms with E-state index in [1.165, 1.54) is 0 Å². The van der Waals surface area contributed by atoms with Crippen molar-refractivity contribution in [2.75, 3.05) is 26.4 Å². The second-order valence-corrected chi connectivity index (χ2v) is 4.64. The normalized spacial score (nSPS) is 15.6. The van der Waals surface area contributed by atoms with Crippen molar-refractivity contribution in [3.63, 3.8) is 0 Å². The quantitative estimate of drug-likeness (QED) is 0.844. The molecule has 1 aromatic carbocycles. The van der Waals surface area contributed by atoms with Crippen LogP contribution in [0, 0.1) is 17.8 Å². The van der Waals surface area contributed by atoms with Crippen LogP contribution in [0.5, 0.6) is 5.75 Å². The summed E-state index contributed by atoms with van der Waals surface area (Å²) in [6.07, 6.45) is 2.63. The van der Waals surface area contributed by atoms with Gasteiger partial charge in [0, 0.05) is 19.6 Å². The zero-order valence-corrected chi connectivity index (χ0v) is 11.1. The Balaban J connectivity index is 1.93. The Kier molecular flexibility index (Phi) is 5.74. The molecule has 3 nitrogen and oxygen atoms in total. The summed E-state index contributed by atoms with van der Waals surface area (Å²) < 4.78 is 11.2. The van der Waals surface area contributed by atoms with Gasteiger partial charge < -0.3 is 14.6 Å². The zero-order chi connectivity index (χ0) is 13.3. The van der Waals surface area contributed by atoms with Gasteiger partial charge >= 0.3 is 0 Å². The van der Waals surface area contributed by atoms with Crippen molar-refractivity contribution in [3.8, 4) is 17.6 Å². The molecule has 1 aromatic rings. The second kappa shape index (κ2) is 7.83. The molecule has 1 aliphatic heterocycles. The van der Waals surface area contributed by atoms with E-state index in [1.54, 1.807) is 0 Å². The predicted octanol–water partition coefficient (Wildman–Crippen LogP) is 2.23. The minimum absolute atomic E-state index is 0.0953. The summed E-state index contributed by atoms with van der Waals surface area (Å²) in [5.41, 5.74) is 0.892. The van der Waals surface area contributed by atoms with Crippen LogP contribution in [0.15, 0.2) is 24.3 Å². The summed E-state index contributed by atoms with van der Waals surface area (Å²) in [5, 5.41) is 8.74. The van der Waals surface area contributed by atoms with E-state index in [1.807, 2.05) is 24.3 Å². The molecule has 19 heavy (non-hydrogen) atoms. The van der Waals surface area contributed by atoms with Crippen LogP contribution in [0.25, 0.3) is 0 Å². The fourth-order valence-corrected chi connectivity index (χ4v) is 2.03. The molecule has 1 N–H and O–H groups in total. The predicted molar refractivity (Wildman–Crippen MR) is 74.1 cm³/mol. The first-order chi connectivity index (χ1) is 9.40. The van der Waals surface area contributed by atoms with E-state index in [0.717, 1.165) is 44.0 Å². The molecule has 0 spiro atoms. The number of hydrogen-bond acceptors (Lipinski definition) is 3. The first kappa shape index (κ1) is 13.9. The molecule has 1 saturated heterocycles. The van der Waals surface area contributed by atoms with E-state index in [9.17, 15) is 0 Å². The Labute approximate surface area is 114 Å². The Bertz CT molecular complexity index is 439. The number of para-hydroxylation sites is 1. The SMILES string of the molecule is OCCC#Cc1ccccc1OCC1CCOCC1. The average molecular weight is 260 g/mol. The average Bonchev–Trinajstić information content (AvgIpc) is 2.48. The third kappa shape index (κ3) is 4.59. The van der Waals surface area contributed by atoms with Crippen LogP contribution in [-0.2, 0) is 4.74 Å². The topological polar surface area (TPSA) is 38.7 Å². The lowest BCUT2D eigenvalue weighted by Gasteiger charge is -2.22. The lowest BCUT2D eigenvalue weighted by Crippen LogP contribution is -2.21. The molecule has 1 aliphatic rings. The lowest BCUT2D eigenvalue weighted by atomic mass is 10.0. The lowest BCUT2D eigenvalue weighted by molar-refractivity contribution is 0.0497. The molecule has 0 aromatic heterocycles. The van der Waals surface area contributed by atoms with E-state index >= 15 is 0 Å². The Hall–Kier alpha value is -1.50. The van der Waals surface area contributed by atoms with Crippen LogP contribution >= 0.6 is 0 Å². The van der Waals surface area contributed by atoms with Crippen molar-refractivity contribution >= 4 is 0 Å². The highest BCUT2D eigenvalue weighted by atomic mass is 16.5. The Morgan fingerprint density at radius 2 is 2.05 bits per heavy atom. The van der Waals surface area contributed by atoms with Crippen molar-refractivity contribution in [1.29, 1.82) is 0 Å². The summed E-state index contributed by atoms with van der Waals surface area (Å²) in [5.74, 6) is 7.38. The third-order valence-electron chi connectivity index (χ3n) is 3.16. The molecule has 3 heteroatoms. The summed E-state index contributed by atoms with van der Waals surface area (Å²) >= 11 is 0. The molecule has 0 amide bonds. The third-order valence-corrected chi connectivity index (χ3v) is 3.16. The standard InChI is InChI=1S/C16H20O3/c17-10-4-3-6-15-5-1-2-7-16(15)19-13-14-8-11-18-12-9-14/h1-2,5,7,14,17H,4,8-13H2. The van der Waals surface area contributed by atoms with Crippen LogP contribution in [0.4, 0.5) is 0 Å². The van der Waals surface area contributed by atoms with Crippen molar-refractivity contribution in [2.45, 2.75) is 19.3 Å². The van der Waals surface area contributed by atoms with Gasteiger partial charge in [0.15, 0.2) is 0 Å². The molecular formula is C16H20O3. The van der Waals surface area contributed by atoms with Gasteiger partial charge in [-0.05, 0) is 30.9 Å². The molecule has 1 fully saturated rings. The van der Waals surface area contributed by atoms with Gasteiger partial charge in [0.2, 0.25) is 0 Å². The smallest absolute Gasteiger partial charge is 0.134 e. The summed E-state index contributed by atoms with van der Waals surface area (Å²) in [6, 6.07) is 7.80. The van der Waals surface area contributed by atoms with Gasteiger partial charge in [0.25, 0.3) is 0 Å². The van der Waals surface area contributed by atoms with Gasteiger partial charge in [-0.15, -0.1) is 0 Å². The van der Waals surface area contributed by atoms with E-state index < -0.39 is 0 Å². The van der Waals surface area contributed by atoms with Crippen molar-refractivity contribution in [2.24, 2.45) is 5.92 Å². The fraction of sp³-hybridized carbons (Fsp3) is 0.500. The molecule has 2 rings (SSSR count). The minimum Gasteiger partial charge on any atom is -0.492 e. The number of benzene rings is 1. The largest absolute Gasteiger partial charge is 0.492 e. The number of rotatable bonds is 4. The molecule has 0 radical (unpaired) electrons. The van der Waals surface area contributed by atoms with Crippen LogP contribution < -0.4 is 4.74 Å². The summed E-state index contributed by atoms with van der Waals surface area (Å²) in [4.78, 5) is 0. The number of hydrogen-bond donors (Lipinski definition) is 1. The Morgan fingerprint density at radius 3 is 2.84 bits per heavy atom. The molecule has 0 unspecified atom stereocenters. The second-order valence-electron chi connectivity index (χ2n) is 4.64. The molecule has 0 aliphatic carbocycles. The maximum atomic E-state index is 8.74. The summed E-state index contributed by atoms with van der Waals surface area (Å²) in [7, 11) is 0. The number of aliphatic hydroxyl groups is 1. The fourth-order valence-electron chi connectivity index (χ4n) is 2.03. The maximum absolute atomic E-state index is 8.74. The molecule has 0 atom stereocenters. The van der Waals surface area contributed by atoms with E-state index in [0.29, 0.717) is 12.3 Å². The van der Waals surface area contributed by atoms with Gasteiger partial charge in [-0.3, -0.25) is 0 Å². The van der Waals surface area contributed by atoms with E-state index in [4.69, 9.17) is 14.6 Å². The maximum Gasteiger partial charge on any atom is 0.134 e. The highest BCUT2D eigenvalue weighted by Gasteiger charge is 2.14. The van der Waals surface area contributed by atoms with Crippen LogP contribution in [0.1, 0.15) is 24.8 Å². The number of ether oxygens (including phenoxy) is 2. The van der Waals surface area contributed by atoms with Crippen molar-refractivity contribution in [1.82, 2.24) is 0 Å². The number of aliphatic hydroxyl groups excluding tert-OH is 1. The van der Waals surface area contributed by atoms with Crippen molar-refractivity contribution < 1.29 is 14.6 Å². The van der Waals surface area contributed by atoms with Gasteiger partial charge in [-0.1, -0.05) is 24.0 Å². The van der Waals surface area contributed by atoms with Gasteiger partial charge in [-0.25, -0.2) is 0 Å². The first-order valence-corrected chi connectivity index (χ1v) is 6.79. The van der Waals surface area contributed by atoms with Crippen molar-refractivity contribution in [3.05, 3.63) is 29.8 Å². The molecule has 102 valence electrons. The molecule has 0 bridgehead atoms. The van der Waals surface area contributed by atoms with Gasteiger partial charge in [0.1, 0.15) is 5.75 Å². The monoisotopic (exact) mass is 260 g/mol. The van der Waals surface area contributed by atoms with E-state index in [2.05, 4.69) is 11.8 Å². The van der Waals surface area contributed by atoms with Crippen LogP contribution in [-0.4, -0.2) is 31.5 Å². The Morgan fingerprint density at radius 1 is 1.26 bits per heavy atom. The van der Waals surface area contributed by atoms with E-state index in [-0.39, 0.29) is 6.61 Å². The highest BCUT2D eigenvalue weighted by molar-refractivity contribution is 5.45. The zero-order valence-electron chi connectivity index (χ0n) is 11.1. The summed E-state index contributed by atoms with van der Waals surface area (Å²) in [6.45, 7) is 2.50. The van der Waals surface area contributed by atoms with Gasteiger partial charge in [-0.2, -0.15) is 0 Å². The first-order valence-electron chi connectivity index (χ1n) is 6.79. The van der Waals surface area contributed by atoms with Crippen LogP contribution in [0.3, 0.4) is 0 Å². The van der Waals surface area contributed by atoms with Crippen LogP contribution in [0.2, 0.25) is 0 Å². The molecule has 0 saturated carbocycles.